The lowest BCUT2D eigenvalue weighted by atomic mass is 9.91. The zero-order valence-corrected chi connectivity index (χ0v) is 16.3. The van der Waals surface area contributed by atoms with Gasteiger partial charge in [-0.15, -0.1) is 12.4 Å². The number of carbonyl (C=O) groups is 1. The van der Waals surface area contributed by atoms with Crippen LogP contribution in [0.4, 0.5) is 16.2 Å². The maximum Gasteiger partial charge on any atom is 0.251 e. The van der Waals surface area contributed by atoms with E-state index in [0.29, 0.717) is 11.5 Å². The summed E-state index contributed by atoms with van der Waals surface area (Å²) in [6.45, 7) is 0. The number of hydrogen-bond acceptors (Lipinski definition) is 5. The van der Waals surface area contributed by atoms with Gasteiger partial charge >= 0.3 is 0 Å². The summed E-state index contributed by atoms with van der Waals surface area (Å²) in [5.41, 5.74) is 0.360. The summed E-state index contributed by atoms with van der Waals surface area (Å²) in [5.74, 6) is 0.871. The molecule has 1 aliphatic carbocycles. The van der Waals surface area contributed by atoms with Crippen molar-refractivity contribution in [2.75, 3.05) is 24.3 Å². The van der Waals surface area contributed by atoms with Crippen molar-refractivity contribution in [1.29, 1.82) is 0 Å². The predicted molar refractivity (Wildman–Crippen MR) is 107 cm³/mol. The van der Waals surface area contributed by atoms with Gasteiger partial charge in [0, 0.05) is 37.9 Å². The van der Waals surface area contributed by atoms with Crippen LogP contribution < -0.4 is 15.5 Å². The molecule has 1 saturated carbocycles. The second kappa shape index (κ2) is 9.50. The van der Waals surface area contributed by atoms with Gasteiger partial charge in [-0.2, -0.15) is 4.98 Å². The molecule has 1 amide bonds. The number of rotatable bonds is 5. The molecule has 0 saturated heterocycles. The van der Waals surface area contributed by atoms with Gasteiger partial charge in [-0.1, -0.05) is 6.07 Å². The molecule has 27 heavy (non-hydrogen) atoms. The Labute approximate surface area is 165 Å². The Morgan fingerprint density at radius 1 is 1.15 bits per heavy atom. The Balaban J connectivity index is 0.00000261. The number of amides is 1. The van der Waals surface area contributed by atoms with Crippen molar-refractivity contribution < 1.29 is 9.18 Å². The predicted octanol–water partition coefficient (Wildman–Crippen LogP) is 3.26. The minimum atomic E-state index is -0.398. The molecular weight excluding hydrogens is 369 g/mol. The number of carbonyl (C=O) groups excluding carboxylic acids is 1. The topological polar surface area (TPSA) is 70.2 Å². The molecule has 2 aromatic rings. The molecule has 8 heteroatoms. The third-order valence-electron chi connectivity index (χ3n) is 4.58. The molecule has 1 aromatic heterocycles. The van der Waals surface area contributed by atoms with E-state index in [-0.39, 0.29) is 30.4 Å². The number of halogens is 2. The van der Waals surface area contributed by atoms with Crippen LogP contribution in [0.25, 0.3) is 0 Å². The number of anilines is 2. The molecule has 6 nitrogen and oxygen atoms in total. The summed E-state index contributed by atoms with van der Waals surface area (Å²) in [5, 5.41) is 6.38. The minimum Gasteiger partial charge on any atom is -0.363 e. The van der Waals surface area contributed by atoms with E-state index in [1.54, 1.807) is 18.3 Å². The molecule has 0 aliphatic heterocycles. The highest BCUT2D eigenvalue weighted by Crippen LogP contribution is 2.22. The molecular formula is C19H25ClFN5O. The van der Waals surface area contributed by atoms with E-state index < -0.39 is 5.82 Å². The largest absolute Gasteiger partial charge is 0.363 e. The van der Waals surface area contributed by atoms with Gasteiger partial charge in [-0.05, 0) is 49.9 Å². The monoisotopic (exact) mass is 393 g/mol. The zero-order chi connectivity index (χ0) is 18.5. The molecule has 3 rings (SSSR count). The summed E-state index contributed by atoms with van der Waals surface area (Å²) >= 11 is 0. The van der Waals surface area contributed by atoms with E-state index in [1.807, 2.05) is 25.1 Å². The van der Waals surface area contributed by atoms with Gasteiger partial charge in [0.25, 0.3) is 5.91 Å². The number of nitrogens with one attached hydrogen (secondary N) is 2. The first-order valence-electron chi connectivity index (χ1n) is 8.84. The fourth-order valence-electron chi connectivity index (χ4n) is 3.13. The Bertz CT molecular complexity index is 765. The highest BCUT2D eigenvalue weighted by Gasteiger charge is 2.23. The molecule has 0 radical (unpaired) electrons. The average molecular weight is 394 g/mol. The van der Waals surface area contributed by atoms with Gasteiger partial charge in [0.15, 0.2) is 0 Å². The van der Waals surface area contributed by atoms with Crippen LogP contribution in [0.5, 0.6) is 0 Å². The maximum atomic E-state index is 13.2. The molecule has 0 spiro atoms. The van der Waals surface area contributed by atoms with Crippen LogP contribution in [0.3, 0.4) is 0 Å². The first-order chi connectivity index (χ1) is 12.5. The quantitative estimate of drug-likeness (QED) is 0.815. The normalized spacial score (nSPS) is 18.9. The molecule has 1 fully saturated rings. The summed E-state index contributed by atoms with van der Waals surface area (Å²) < 4.78 is 13.2. The molecule has 1 heterocycles. The van der Waals surface area contributed by atoms with E-state index in [0.717, 1.165) is 31.5 Å². The van der Waals surface area contributed by atoms with Crippen LogP contribution in [-0.2, 0) is 0 Å². The second-order valence-electron chi connectivity index (χ2n) is 6.81. The molecule has 1 aromatic carbocycles. The van der Waals surface area contributed by atoms with E-state index in [4.69, 9.17) is 0 Å². The SMILES string of the molecule is CN(C)c1ccnc(NC2CCC(NC(=O)c3cccc(F)c3)CC2)n1.Cl. The Morgan fingerprint density at radius 2 is 1.85 bits per heavy atom. The Kier molecular flexibility index (Phi) is 7.36. The lowest BCUT2D eigenvalue weighted by Gasteiger charge is -2.29. The van der Waals surface area contributed by atoms with E-state index in [9.17, 15) is 9.18 Å². The Hall–Kier alpha value is -2.41. The van der Waals surface area contributed by atoms with Gasteiger partial charge in [-0.25, -0.2) is 9.37 Å². The van der Waals surface area contributed by atoms with Crippen molar-refractivity contribution in [3.05, 3.63) is 47.9 Å². The number of aromatic nitrogens is 2. The van der Waals surface area contributed by atoms with Crippen molar-refractivity contribution in [3.8, 4) is 0 Å². The van der Waals surface area contributed by atoms with Crippen LogP contribution in [-0.4, -0.2) is 42.1 Å². The first kappa shape index (κ1) is 20.9. The van der Waals surface area contributed by atoms with Gasteiger partial charge in [0.2, 0.25) is 5.95 Å². The van der Waals surface area contributed by atoms with Crippen molar-refractivity contribution in [2.45, 2.75) is 37.8 Å². The van der Waals surface area contributed by atoms with Gasteiger partial charge in [0.05, 0.1) is 0 Å². The first-order valence-corrected chi connectivity index (χ1v) is 8.84. The maximum absolute atomic E-state index is 13.2. The minimum absolute atomic E-state index is 0. The summed E-state index contributed by atoms with van der Waals surface area (Å²) in [6, 6.07) is 8.03. The molecule has 0 atom stereocenters. The molecule has 2 N–H and O–H groups in total. The molecule has 1 aliphatic rings. The number of hydrogen-bond donors (Lipinski definition) is 2. The second-order valence-corrected chi connectivity index (χ2v) is 6.81. The smallest absolute Gasteiger partial charge is 0.251 e. The average Bonchev–Trinajstić information content (AvgIpc) is 2.63. The lowest BCUT2D eigenvalue weighted by Crippen LogP contribution is -2.40. The van der Waals surface area contributed by atoms with Gasteiger partial charge < -0.3 is 15.5 Å². The molecule has 0 bridgehead atoms. The van der Waals surface area contributed by atoms with Crippen molar-refractivity contribution in [1.82, 2.24) is 15.3 Å². The van der Waals surface area contributed by atoms with Gasteiger partial charge in [-0.3, -0.25) is 4.79 Å². The van der Waals surface area contributed by atoms with Crippen molar-refractivity contribution in [2.24, 2.45) is 0 Å². The van der Waals surface area contributed by atoms with Crippen LogP contribution in [0.1, 0.15) is 36.0 Å². The third-order valence-corrected chi connectivity index (χ3v) is 4.58. The Morgan fingerprint density at radius 3 is 2.52 bits per heavy atom. The molecule has 0 unspecified atom stereocenters. The summed E-state index contributed by atoms with van der Waals surface area (Å²) in [4.78, 5) is 22.9. The van der Waals surface area contributed by atoms with Crippen molar-refractivity contribution in [3.63, 3.8) is 0 Å². The standard InChI is InChI=1S/C19H24FN5O.ClH/c1-25(2)17-10-11-21-19(24-17)23-16-8-6-15(7-9-16)22-18(26)13-4-3-5-14(20)12-13;/h3-5,10-12,15-16H,6-9H2,1-2H3,(H,22,26)(H,21,23,24);1H. The molecule has 146 valence electrons. The number of benzene rings is 1. The van der Waals surface area contributed by atoms with E-state index >= 15 is 0 Å². The van der Waals surface area contributed by atoms with E-state index in [2.05, 4.69) is 20.6 Å². The highest BCUT2D eigenvalue weighted by molar-refractivity contribution is 5.94. The van der Waals surface area contributed by atoms with Crippen LogP contribution in [0, 0.1) is 5.82 Å². The number of nitrogens with zero attached hydrogens (tertiary/aromatic N) is 3. The zero-order valence-electron chi connectivity index (χ0n) is 15.5. The highest BCUT2D eigenvalue weighted by atomic mass is 35.5. The van der Waals surface area contributed by atoms with Crippen molar-refractivity contribution >= 4 is 30.1 Å². The summed E-state index contributed by atoms with van der Waals surface area (Å²) in [7, 11) is 3.89. The van der Waals surface area contributed by atoms with Crippen LogP contribution in [0.2, 0.25) is 0 Å². The van der Waals surface area contributed by atoms with Crippen LogP contribution in [0.15, 0.2) is 36.5 Å². The van der Waals surface area contributed by atoms with E-state index in [1.165, 1.54) is 12.1 Å². The fourth-order valence-corrected chi connectivity index (χ4v) is 3.13. The van der Waals surface area contributed by atoms with Gasteiger partial charge in [0.1, 0.15) is 11.6 Å². The fraction of sp³-hybridized carbons (Fsp3) is 0.421. The summed E-state index contributed by atoms with van der Waals surface area (Å²) in [6.07, 6.45) is 5.32. The van der Waals surface area contributed by atoms with Crippen LogP contribution >= 0.6 is 12.4 Å². The third kappa shape index (κ3) is 5.79. The lowest BCUT2D eigenvalue weighted by molar-refractivity contribution is 0.0926.